The van der Waals surface area contributed by atoms with Crippen molar-refractivity contribution in [3.05, 3.63) is 11.9 Å². The van der Waals surface area contributed by atoms with Crippen molar-refractivity contribution in [1.82, 2.24) is 15.3 Å². The summed E-state index contributed by atoms with van der Waals surface area (Å²) in [5, 5.41) is 8.94. The average Bonchev–Trinajstić information content (AvgIpc) is 2.33. The predicted octanol–water partition coefficient (Wildman–Crippen LogP) is 0.629. The Kier molecular flexibility index (Phi) is 5.19. The fourth-order valence-corrected chi connectivity index (χ4v) is 1.53. The first kappa shape index (κ1) is 13.2. The lowest BCUT2D eigenvalue weighted by Crippen LogP contribution is -2.26. The van der Waals surface area contributed by atoms with Crippen LogP contribution in [0.5, 0.6) is 0 Å². The summed E-state index contributed by atoms with van der Waals surface area (Å²) in [5.74, 6) is 1.63. The number of hydrogen-bond donors (Lipinski definition) is 3. The van der Waals surface area contributed by atoms with Gasteiger partial charge in [0, 0.05) is 32.6 Å². The van der Waals surface area contributed by atoms with Crippen LogP contribution in [0.25, 0.3) is 0 Å². The van der Waals surface area contributed by atoms with Gasteiger partial charge in [-0.05, 0) is 6.42 Å². The summed E-state index contributed by atoms with van der Waals surface area (Å²) in [4.78, 5) is 19.1. The van der Waals surface area contributed by atoms with Crippen molar-refractivity contribution in [3.8, 4) is 0 Å². The second-order valence-corrected chi connectivity index (χ2v) is 3.56. The number of hydrogen-bond acceptors (Lipinski definition) is 5. The van der Waals surface area contributed by atoms with Crippen molar-refractivity contribution >= 4 is 17.5 Å². The van der Waals surface area contributed by atoms with Gasteiger partial charge in [0.2, 0.25) is 5.91 Å². The molecule has 0 aromatic carbocycles. The highest BCUT2D eigenvalue weighted by molar-refractivity contribution is 5.72. The van der Waals surface area contributed by atoms with Crippen LogP contribution in [0.2, 0.25) is 0 Å². The summed E-state index contributed by atoms with van der Waals surface area (Å²) < 4.78 is 0. The van der Waals surface area contributed by atoms with Gasteiger partial charge in [-0.3, -0.25) is 4.79 Å². The van der Waals surface area contributed by atoms with Gasteiger partial charge in [0.15, 0.2) is 0 Å². The number of amides is 1. The summed E-state index contributed by atoms with van der Waals surface area (Å²) >= 11 is 0. The second-order valence-electron chi connectivity index (χ2n) is 3.56. The summed E-state index contributed by atoms with van der Waals surface area (Å²) in [5.41, 5.74) is 1.05. The number of anilines is 2. The zero-order valence-corrected chi connectivity index (χ0v) is 10.5. The van der Waals surface area contributed by atoms with E-state index in [4.69, 9.17) is 0 Å². The number of rotatable bonds is 6. The molecule has 0 radical (unpaired) electrons. The maximum atomic E-state index is 10.7. The SMILES string of the molecule is CCc1c(NC)ncnc1NCCNC(C)=O. The molecule has 1 amide bonds. The van der Waals surface area contributed by atoms with Gasteiger partial charge in [-0.1, -0.05) is 6.92 Å². The highest BCUT2D eigenvalue weighted by Crippen LogP contribution is 2.19. The Morgan fingerprint density at radius 3 is 2.59 bits per heavy atom. The first-order chi connectivity index (χ1) is 8.19. The monoisotopic (exact) mass is 237 g/mol. The molecule has 0 saturated carbocycles. The summed E-state index contributed by atoms with van der Waals surface area (Å²) in [6.07, 6.45) is 2.37. The van der Waals surface area contributed by atoms with E-state index in [1.165, 1.54) is 13.3 Å². The van der Waals surface area contributed by atoms with Gasteiger partial charge in [-0.25, -0.2) is 9.97 Å². The molecular weight excluding hydrogens is 218 g/mol. The molecule has 0 saturated heterocycles. The van der Waals surface area contributed by atoms with E-state index in [0.29, 0.717) is 13.1 Å². The quantitative estimate of drug-likeness (QED) is 0.632. The molecule has 0 atom stereocenters. The Morgan fingerprint density at radius 2 is 2.00 bits per heavy atom. The Morgan fingerprint density at radius 1 is 1.29 bits per heavy atom. The lowest BCUT2D eigenvalue weighted by atomic mass is 10.2. The number of aromatic nitrogens is 2. The number of nitrogens with one attached hydrogen (secondary N) is 3. The molecule has 0 aliphatic heterocycles. The van der Waals surface area contributed by atoms with E-state index >= 15 is 0 Å². The fraction of sp³-hybridized carbons (Fsp3) is 0.545. The molecule has 17 heavy (non-hydrogen) atoms. The zero-order valence-electron chi connectivity index (χ0n) is 10.5. The molecule has 3 N–H and O–H groups in total. The maximum absolute atomic E-state index is 10.7. The van der Waals surface area contributed by atoms with E-state index in [1.54, 1.807) is 0 Å². The molecule has 0 spiro atoms. The Labute approximate surface area is 101 Å². The number of carbonyl (C=O) groups is 1. The van der Waals surface area contributed by atoms with Crippen molar-refractivity contribution in [1.29, 1.82) is 0 Å². The minimum atomic E-state index is -0.0267. The highest BCUT2D eigenvalue weighted by atomic mass is 16.1. The van der Waals surface area contributed by atoms with Crippen molar-refractivity contribution < 1.29 is 4.79 Å². The number of nitrogens with zero attached hydrogens (tertiary/aromatic N) is 2. The minimum Gasteiger partial charge on any atom is -0.373 e. The third kappa shape index (κ3) is 3.90. The van der Waals surface area contributed by atoms with E-state index in [-0.39, 0.29) is 5.91 Å². The van der Waals surface area contributed by atoms with E-state index in [9.17, 15) is 4.79 Å². The van der Waals surface area contributed by atoms with Gasteiger partial charge in [0.1, 0.15) is 18.0 Å². The fourth-order valence-electron chi connectivity index (χ4n) is 1.53. The Bertz CT molecular complexity index is 380. The van der Waals surface area contributed by atoms with Crippen LogP contribution in [0.3, 0.4) is 0 Å². The van der Waals surface area contributed by atoms with E-state index in [2.05, 4.69) is 32.8 Å². The van der Waals surface area contributed by atoms with Crippen LogP contribution >= 0.6 is 0 Å². The van der Waals surface area contributed by atoms with E-state index < -0.39 is 0 Å². The average molecular weight is 237 g/mol. The highest BCUT2D eigenvalue weighted by Gasteiger charge is 2.07. The number of carbonyl (C=O) groups excluding carboxylic acids is 1. The molecule has 0 bridgehead atoms. The van der Waals surface area contributed by atoms with Crippen LogP contribution < -0.4 is 16.0 Å². The summed E-state index contributed by atoms with van der Waals surface area (Å²) in [7, 11) is 1.84. The smallest absolute Gasteiger partial charge is 0.216 e. The first-order valence-electron chi connectivity index (χ1n) is 5.69. The topological polar surface area (TPSA) is 78.9 Å². The molecular formula is C11H19N5O. The first-order valence-corrected chi connectivity index (χ1v) is 5.69. The largest absolute Gasteiger partial charge is 0.373 e. The molecule has 94 valence electrons. The van der Waals surface area contributed by atoms with E-state index in [0.717, 1.165) is 23.6 Å². The molecule has 0 unspecified atom stereocenters. The van der Waals surface area contributed by atoms with Gasteiger partial charge >= 0.3 is 0 Å². The van der Waals surface area contributed by atoms with E-state index in [1.807, 2.05) is 7.05 Å². The second kappa shape index (κ2) is 6.67. The summed E-state index contributed by atoms with van der Waals surface area (Å²) in [6.45, 7) is 4.78. The van der Waals surface area contributed by atoms with Crippen LogP contribution in [0.15, 0.2) is 6.33 Å². The third-order valence-corrected chi connectivity index (χ3v) is 2.33. The molecule has 6 heteroatoms. The molecule has 0 aliphatic carbocycles. The Hall–Kier alpha value is -1.85. The van der Waals surface area contributed by atoms with Crippen LogP contribution in [-0.2, 0) is 11.2 Å². The third-order valence-electron chi connectivity index (χ3n) is 2.33. The predicted molar refractivity (Wildman–Crippen MR) is 68.1 cm³/mol. The van der Waals surface area contributed by atoms with Gasteiger partial charge in [0.05, 0.1) is 0 Å². The molecule has 0 fully saturated rings. The van der Waals surface area contributed by atoms with Gasteiger partial charge in [0.25, 0.3) is 0 Å². The van der Waals surface area contributed by atoms with Crippen LogP contribution in [0.1, 0.15) is 19.4 Å². The van der Waals surface area contributed by atoms with Crippen molar-refractivity contribution in [2.24, 2.45) is 0 Å². The lowest BCUT2D eigenvalue weighted by molar-refractivity contribution is -0.118. The molecule has 1 aromatic rings. The van der Waals surface area contributed by atoms with Gasteiger partial charge < -0.3 is 16.0 Å². The normalized spacial score (nSPS) is 9.82. The van der Waals surface area contributed by atoms with Gasteiger partial charge in [-0.2, -0.15) is 0 Å². The molecule has 1 rings (SSSR count). The maximum Gasteiger partial charge on any atom is 0.216 e. The lowest BCUT2D eigenvalue weighted by Gasteiger charge is -2.12. The van der Waals surface area contributed by atoms with Gasteiger partial charge in [-0.15, -0.1) is 0 Å². The summed E-state index contributed by atoms with van der Waals surface area (Å²) in [6, 6.07) is 0. The van der Waals surface area contributed by atoms with Crippen molar-refractivity contribution in [2.75, 3.05) is 30.8 Å². The molecule has 6 nitrogen and oxygen atoms in total. The van der Waals surface area contributed by atoms with Crippen LogP contribution in [0.4, 0.5) is 11.6 Å². The Balaban J connectivity index is 2.60. The minimum absolute atomic E-state index is 0.0267. The standard InChI is InChI=1S/C11H19N5O/c1-4-9-10(12-3)15-7-16-11(9)14-6-5-13-8(2)17/h7H,4-6H2,1-3H3,(H,13,17)(H2,12,14,15,16). The van der Waals surface area contributed by atoms with Crippen LogP contribution in [-0.4, -0.2) is 36.0 Å². The molecule has 1 heterocycles. The molecule has 0 aliphatic rings. The van der Waals surface area contributed by atoms with Crippen molar-refractivity contribution in [2.45, 2.75) is 20.3 Å². The van der Waals surface area contributed by atoms with Crippen molar-refractivity contribution in [3.63, 3.8) is 0 Å². The van der Waals surface area contributed by atoms with Crippen LogP contribution in [0, 0.1) is 0 Å². The zero-order chi connectivity index (χ0) is 12.7. The molecule has 1 aromatic heterocycles.